The van der Waals surface area contributed by atoms with E-state index in [4.69, 9.17) is 4.98 Å². The van der Waals surface area contributed by atoms with Gasteiger partial charge in [0.2, 0.25) is 0 Å². The molecule has 2 fully saturated rings. The first-order valence-corrected chi connectivity index (χ1v) is 11.8. The fourth-order valence-corrected chi connectivity index (χ4v) is 5.24. The summed E-state index contributed by atoms with van der Waals surface area (Å²) in [6.45, 7) is 7.23. The molecule has 0 saturated carbocycles. The normalized spacial score (nSPS) is 20.9. The highest BCUT2D eigenvalue weighted by molar-refractivity contribution is 5.94. The minimum Gasteiger partial charge on any atom is -0.337 e. The molecule has 1 atom stereocenters. The van der Waals surface area contributed by atoms with E-state index in [0.29, 0.717) is 6.04 Å². The number of hydrogen-bond acceptors (Lipinski definition) is 3. The van der Waals surface area contributed by atoms with E-state index in [-0.39, 0.29) is 5.91 Å². The summed E-state index contributed by atoms with van der Waals surface area (Å²) in [6.07, 6.45) is 14.0. The Morgan fingerprint density at radius 1 is 1.13 bits per heavy atom. The molecular formula is C26H32N4O. The van der Waals surface area contributed by atoms with Crippen LogP contribution in [0.3, 0.4) is 0 Å². The molecule has 0 N–H and O–H groups in total. The van der Waals surface area contributed by atoms with Gasteiger partial charge in [-0.2, -0.15) is 0 Å². The fraction of sp³-hybridized carbons (Fsp3) is 0.462. The number of benzene rings is 1. The van der Waals surface area contributed by atoms with Crippen molar-refractivity contribution in [1.29, 1.82) is 0 Å². The summed E-state index contributed by atoms with van der Waals surface area (Å²) >= 11 is 0. The van der Waals surface area contributed by atoms with Crippen LogP contribution in [0.4, 0.5) is 0 Å². The molecule has 0 radical (unpaired) electrons. The average molecular weight is 417 g/mol. The monoisotopic (exact) mass is 416 g/mol. The van der Waals surface area contributed by atoms with Crippen LogP contribution in [-0.4, -0.2) is 57.5 Å². The smallest absolute Gasteiger partial charge is 0.253 e. The van der Waals surface area contributed by atoms with Crippen LogP contribution < -0.4 is 10.7 Å². The van der Waals surface area contributed by atoms with E-state index in [1.54, 1.807) is 0 Å². The first-order chi connectivity index (χ1) is 15.2. The molecule has 3 heterocycles. The van der Waals surface area contributed by atoms with Gasteiger partial charge in [-0.25, -0.2) is 4.98 Å². The molecule has 1 aromatic carbocycles. The van der Waals surface area contributed by atoms with E-state index in [1.807, 2.05) is 17.0 Å². The molecule has 3 aliphatic rings. The summed E-state index contributed by atoms with van der Waals surface area (Å²) < 4.78 is 2.31. The van der Waals surface area contributed by atoms with E-state index >= 15 is 0 Å². The van der Waals surface area contributed by atoms with Crippen LogP contribution in [0.25, 0.3) is 12.2 Å². The Labute approximate surface area is 184 Å². The summed E-state index contributed by atoms with van der Waals surface area (Å²) in [6, 6.07) is 8.72. The molecule has 2 saturated heterocycles. The van der Waals surface area contributed by atoms with Gasteiger partial charge in [-0.3, -0.25) is 9.69 Å². The van der Waals surface area contributed by atoms with Crippen LogP contribution in [0.1, 0.15) is 54.4 Å². The molecule has 1 aromatic heterocycles. The summed E-state index contributed by atoms with van der Waals surface area (Å²) in [7, 11) is 0. The Hall–Kier alpha value is -2.66. The first kappa shape index (κ1) is 20.3. The van der Waals surface area contributed by atoms with Gasteiger partial charge in [-0.15, -0.1) is 0 Å². The Bertz CT molecular complexity index is 1090. The minimum atomic E-state index is 0.172. The lowest BCUT2D eigenvalue weighted by Gasteiger charge is -2.23. The van der Waals surface area contributed by atoms with Crippen molar-refractivity contribution < 1.29 is 4.79 Å². The third kappa shape index (κ3) is 4.11. The second kappa shape index (κ2) is 8.83. The third-order valence-corrected chi connectivity index (χ3v) is 6.94. The second-order valence-corrected chi connectivity index (χ2v) is 8.89. The number of carbonyl (C=O) groups excluding carboxylic acids is 1. The Morgan fingerprint density at radius 2 is 1.94 bits per heavy atom. The van der Waals surface area contributed by atoms with Gasteiger partial charge in [0.05, 0.1) is 10.7 Å². The van der Waals surface area contributed by atoms with Crippen molar-refractivity contribution >= 4 is 18.1 Å². The standard InChI is InChI=1S/C26H32N4O/c1-2-30-24-9-5-3-4-8-23(24)27-25(30)18-20-10-12-21(13-11-20)26(31)29-17-14-22(19-29)28-15-6-7-16-28/h3-4,8-13,22H,2,5-7,14-19H2,1H3/t22-/m0/s1. The SMILES string of the molecule is CCn1c(Cc2ccc(C(=O)N3CC[C@H](N4CCCC4)C3)cc2)nc2c1=CCC=CC=2. The molecule has 1 amide bonds. The number of nitrogens with zero attached hydrogens (tertiary/aromatic N) is 4. The molecule has 5 heteroatoms. The van der Waals surface area contributed by atoms with Gasteiger partial charge in [-0.05, 0) is 69.5 Å². The largest absolute Gasteiger partial charge is 0.337 e. The van der Waals surface area contributed by atoms with Gasteiger partial charge >= 0.3 is 0 Å². The van der Waals surface area contributed by atoms with Crippen molar-refractivity contribution in [2.45, 2.75) is 51.6 Å². The Morgan fingerprint density at radius 3 is 2.71 bits per heavy atom. The van der Waals surface area contributed by atoms with E-state index < -0.39 is 0 Å². The van der Waals surface area contributed by atoms with Crippen LogP contribution in [0.5, 0.6) is 0 Å². The van der Waals surface area contributed by atoms with Gasteiger partial charge in [0.1, 0.15) is 5.82 Å². The van der Waals surface area contributed by atoms with Gasteiger partial charge in [0, 0.05) is 37.7 Å². The van der Waals surface area contributed by atoms with Crippen LogP contribution >= 0.6 is 0 Å². The Kier molecular flexibility index (Phi) is 5.77. The van der Waals surface area contributed by atoms with Crippen molar-refractivity contribution in [3.05, 3.63) is 64.1 Å². The Balaban J connectivity index is 1.28. The molecule has 0 unspecified atom stereocenters. The van der Waals surface area contributed by atoms with Gasteiger partial charge < -0.3 is 9.47 Å². The number of carbonyl (C=O) groups is 1. The van der Waals surface area contributed by atoms with Crippen LogP contribution in [-0.2, 0) is 13.0 Å². The highest BCUT2D eigenvalue weighted by Crippen LogP contribution is 2.22. The lowest BCUT2D eigenvalue weighted by atomic mass is 10.1. The summed E-state index contributed by atoms with van der Waals surface area (Å²) in [5, 5.41) is 2.27. The topological polar surface area (TPSA) is 41.4 Å². The number of likely N-dealkylation sites (tertiary alicyclic amines) is 2. The molecule has 2 aliphatic heterocycles. The average Bonchev–Trinajstić information content (AvgIpc) is 3.51. The molecule has 31 heavy (non-hydrogen) atoms. The molecule has 5 nitrogen and oxygen atoms in total. The summed E-state index contributed by atoms with van der Waals surface area (Å²) in [5.41, 5.74) is 1.99. The van der Waals surface area contributed by atoms with Crippen LogP contribution in [0.2, 0.25) is 0 Å². The van der Waals surface area contributed by atoms with Crippen molar-refractivity contribution in [3.8, 4) is 0 Å². The molecule has 0 spiro atoms. The van der Waals surface area contributed by atoms with Gasteiger partial charge in [-0.1, -0.05) is 30.4 Å². The number of hydrogen-bond donors (Lipinski definition) is 0. The maximum Gasteiger partial charge on any atom is 0.253 e. The summed E-state index contributed by atoms with van der Waals surface area (Å²) in [5.74, 6) is 1.26. The highest BCUT2D eigenvalue weighted by atomic mass is 16.2. The van der Waals surface area contributed by atoms with Crippen molar-refractivity contribution in [3.63, 3.8) is 0 Å². The molecule has 0 bridgehead atoms. The predicted molar refractivity (Wildman–Crippen MR) is 124 cm³/mol. The number of allylic oxidation sites excluding steroid dienone is 2. The first-order valence-electron chi connectivity index (χ1n) is 11.8. The zero-order valence-corrected chi connectivity index (χ0v) is 18.5. The quantitative estimate of drug-likeness (QED) is 0.751. The van der Waals surface area contributed by atoms with E-state index in [2.05, 4.69) is 52.8 Å². The minimum absolute atomic E-state index is 0.172. The second-order valence-electron chi connectivity index (χ2n) is 8.89. The van der Waals surface area contributed by atoms with E-state index in [1.165, 1.54) is 36.8 Å². The molecular weight excluding hydrogens is 384 g/mol. The number of rotatable bonds is 5. The molecule has 1 aliphatic carbocycles. The molecule has 2 aromatic rings. The number of amides is 1. The maximum absolute atomic E-state index is 13.0. The van der Waals surface area contributed by atoms with E-state index in [9.17, 15) is 4.79 Å². The third-order valence-electron chi connectivity index (χ3n) is 6.94. The molecule has 162 valence electrons. The highest BCUT2D eigenvalue weighted by Gasteiger charge is 2.31. The number of imidazole rings is 1. The lowest BCUT2D eigenvalue weighted by molar-refractivity contribution is 0.0780. The van der Waals surface area contributed by atoms with Crippen LogP contribution in [0, 0.1) is 0 Å². The number of fused-ring (bicyclic) bond motifs is 1. The van der Waals surface area contributed by atoms with Crippen molar-refractivity contribution in [2.24, 2.45) is 0 Å². The number of aromatic nitrogens is 2. The zero-order valence-electron chi connectivity index (χ0n) is 18.5. The van der Waals surface area contributed by atoms with E-state index in [0.717, 1.165) is 55.6 Å². The lowest BCUT2D eigenvalue weighted by Crippen LogP contribution is -2.37. The zero-order chi connectivity index (χ0) is 21.2. The molecule has 5 rings (SSSR count). The van der Waals surface area contributed by atoms with Crippen LogP contribution in [0.15, 0.2) is 36.4 Å². The van der Waals surface area contributed by atoms with Gasteiger partial charge in [0.15, 0.2) is 0 Å². The summed E-state index contributed by atoms with van der Waals surface area (Å²) in [4.78, 5) is 22.5. The van der Waals surface area contributed by atoms with Crippen molar-refractivity contribution in [1.82, 2.24) is 19.4 Å². The van der Waals surface area contributed by atoms with Crippen molar-refractivity contribution in [2.75, 3.05) is 26.2 Å². The van der Waals surface area contributed by atoms with Gasteiger partial charge in [0.25, 0.3) is 5.91 Å². The predicted octanol–water partition coefficient (Wildman–Crippen LogP) is 2.33. The fourth-order valence-electron chi connectivity index (χ4n) is 5.24. The maximum atomic E-state index is 13.0.